The number of phenolic OH excluding ortho intramolecular Hbond substituents is 2. The molecule has 5 aromatic carbocycles. The highest BCUT2D eigenvalue weighted by Crippen LogP contribution is 2.46. The molecule has 0 fully saturated rings. The summed E-state index contributed by atoms with van der Waals surface area (Å²) in [6.45, 7) is 0. The van der Waals surface area contributed by atoms with Gasteiger partial charge in [0.15, 0.2) is 5.75 Å². The number of carboxylic acids is 1. The average Bonchev–Trinajstić information content (AvgIpc) is 3.02. The van der Waals surface area contributed by atoms with Gasteiger partial charge in [-0.1, -0.05) is 23.2 Å². The second-order valence-electron chi connectivity index (χ2n) is 9.55. The van der Waals surface area contributed by atoms with Crippen molar-refractivity contribution in [1.29, 1.82) is 0 Å². The number of hydrogen-bond acceptors (Lipinski definition) is 16. The van der Waals surface area contributed by atoms with E-state index in [2.05, 4.69) is 29.8 Å². The van der Waals surface area contributed by atoms with Crippen molar-refractivity contribution in [3.8, 4) is 11.5 Å². The number of nitrogen functional groups attached to an aromatic ring is 1. The van der Waals surface area contributed by atoms with Gasteiger partial charge in [0.1, 0.15) is 27.7 Å². The van der Waals surface area contributed by atoms with Gasteiger partial charge in [0.2, 0.25) is 0 Å². The van der Waals surface area contributed by atoms with Crippen molar-refractivity contribution in [2.24, 2.45) is 20.5 Å². The smallest absolute Gasteiger partial charge is 0.337 e. The van der Waals surface area contributed by atoms with Crippen LogP contribution in [0.4, 0.5) is 28.4 Å². The van der Waals surface area contributed by atoms with Gasteiger partial charge in [0.05, 0.1) is 44.2 Å². The average molecular weight is 718 g/mol. The first-order valence-electron chi connectivity index (χ1n) is 12.7. The summed E-state index contributed by atoms with van der Waals surface area (Å²) >= 11 is 0.447. The van der Waals surface area contributed by atoms with Crippen LogP contribution >= 0.6 is 12.0 Å². The van der Waals surface area contributed by atoms with Gasteiger partial charge in [-0.05, 0) is 47.9 Å². The number of carbonyl (C=O) groups is 1. The third kappa shape index (κ3) is 6.87. The molecule has 0 unspecified atom stereocenters. The largest absolute Gasteiger partial charge is 0.507 e. The van der Waals surface area contributed by atoms with E-state index in [0.717, 1.165) is 6.07 Å². The van der Waals surface area contributed by atoms with Crippen molar-refractivity contribution < 1.29 is 60.7 Å². The molecular weight excluding hydrogens is 699 g/mol. The third-order valence-corrected chi connectivity index (χ3v) is 8.95. The molecule has 0 aliphatic heterocycles. The zero-order chi connectivity index (χ0) is 35.0. The molecule has 0 radical (unpaired) electrons. The highest BCUT2D eigenvalue weighted by atomic mass is 32.2. The van der Waals surface area contributed by atoms with Gasteiger partial charge in [-0.25, -0.2) is 10.1 Å². The summed E-state index contributed by atoms with van der Waals surface area (Å²) in [5.74, 6) is -2.63. The summed E-state index contributed by atoms with van der Waals surface area (Å²) in [6, 6.07) is 13.4. The number of hydrogen-bond donors (Lipinski definition) is 7. The van der Waals surface area contributed by atoms with Gasteiger partial charge < -0.3 is 21.1 Å². The molecule has 0 saturated carbocycles. The number of nitrogens with zero attached hydrogens (tertiary/aromatic N) is 4. The summed E-state index contributed by atoms with van der Waals surface area (Å²) in [5.41, 5.74) is 4.96. The lowest BCUT2D eigenvalue weighted by molar-refractivity contribution is -0.432. The number of anilines is 1. The summed E-state index contributed by atoms with van der Waals surface area (Å²) in [4.78, 5) is 9.88. The molecule has 0 amide bonds. The molecule has 0 saturated heterocycles. The van der Waals surface area contributed by atoms with Crippen molar-refractivity contribution in [2.75, 3.05) is 5.73 Å². The zero-order valence-corrected chi connectivity index (χ0v) is 25.9. The minimum Gasteiger partial charge on any atom is -0.507 e. The predicted molar refractivity (Wildman–Crippen MR) is 168 cm³/mol. The standard InChI is InChI=1S/C27H19N5O13S3/c28-24-19(11-22(48(41,42)43)17-9-14(47(38,39)40)10-20(33)23(17)24)31-29-13-6-5-12-7-21(46-45-44-37)25(26(34)16(12)8-13)32-30-18-4-2-1-3-15(18)27(35)36/h1-11,33-34,37H,28H2,(H,35,36)(H,38,39,40)(H,41,42,43). The quantitative estimate of drug-likeness (QED) is 0.0204. The van der Waals surface area contributed by atoms with Gasteiger partial charge in [-0.3, -0.25) is 9.11 Å². The van der Waals surface area contributed by atoms with Crippen molar-refractivity contribution in [3.63, 3.8) is 0 Å². The molecule has 21 heteroatoms. The van der Waals surface area contributed by atoms with Crippen LogP contribution in [-0.4, -0.2) is 52.5 Å². The van der Waals surface area contributed by atoms with Gasteiger partial charge in [0, 0.05) is 16.8 Å². The molecule has 0 spiro atoms. The minimum absolute atomic E-state index is 0.0418. The maximum absolute atomic E-state index is 12.2. The molecule has 48 heavy (non-hydrogen) atoms. The lowest BCUT2D eigenvalue weighted by atomic mass is 10.1. The van der Waals surface area contributed by atoms with Crippen LogP contribution in [-0.2, 0) is 29.6 Å². The summed E-state index contributed by atoms with van der Waals surface area (Å²) in [6.07, 6.45) is 0. The van der Waals surface area contributed by atoms with Gasteiger partial charge in [0.25, 0.3) is 20.2 Å². The predicted octanol–water partition coefficient (Wildman–Crippen LogP) is 6.44. The molecule has 0 heterocycles. The number of aromatic hydroxyl groups is 2. The third-order valence-electron chi connectivity index (χ3n) is 6.60. The Morgan fingerprint density at radius 3 is 2.19 bits per heavy atom. The van der Waals surface area contributed by atoms with Gasteiger partial charge in [-0.15, -0.1) is 19.7 Å². The number of azo groups is 2. The number of phenols is 2. The monoisotopic (exact) mass is 717 g/mol. The molecule has 5 rings (SSSR count). The van der Waals surface area contributed by atoms with Gasteiger partial charge in [-0.2, -0.15) is 21.9 Å². The van der Waals surface area contributed by atoms with Crippen LogP contribution in [0.1, 0.15) is 10.4 Å². The molecule has 0 atom stereocenters. The fraction of sp³-hybridized carbons (Fsp3) is 0. The molecule has 0 aromatic heterocycles. The minimum atomic E-state index is -5.08. The van der Waals surface area contributed by atoms with E-state index in [4.69, 9.17) is 11.0 Å². The van der Waals surface area contributed by atoms with E-state index >= 15 is 0 Å². The molecule has 18 nitrogen and oxygen atoms in total. The molecular formula is C27H19N5O13S3. The summed E-state index contributed by atoms with van der Waals surface area (Å²) in [7, 11) is -9.99. The highest BCUT2D eigenvalue weighted by Gasteiger charge is 2.24. The number of rotatable bonds is 10. The van der Waals surface area contributed by atoms with E-state index in [1.54, 1.807) is 0 Å². The molecule has 0 aliphatic rings. The number of fused-ring (bicyclic) bond motifs is 2. The molecule has 0 bridgehead atoms. The van der Waals surface area contributed by atoms with Crippen molar-refractivity contribution in [2.45, 2.75) is 14.7 Å². The maximum Gasteiger partial charge on any atom is 0.337 e. The van der Waals surface area contributed by atoms with E-state index in [1.807, 2.05) is 0 Å². The lowest BCUT2D eigenvalue weighted by Crippen LogP contribution is -2.04. The van der Waals surface area contributed by atoms with Crippen molar-refractivity contribution >= 4 is 88.2 Å². The Balaban J connectivity index is 1.63. The van der Waals surface area contributed by atoms with Crippen molar-refractivity contribution in [3.05, 3.63) is 72.3 Å². The van der Waals surface area contributed by atoms with Crippen LogP contribution in [0.25, 0.3) is 21.5 Å². The molecule has 5 aromatic rings. The van der Waals surface area contributed by atoms with E-state index in [0.29, 0.717) is 29.6 Å². The zero-order valence-electron chi connectivity index (χ0n) is 23.5. The molecule has 0 aliphatic carbocycles. The number of benzene rings is 5. The Bertz CT molecular complexity index is 2420. The Morgan fingerprint density at radius 1 is 0.812 bits per heavy atom. The van der Waals surface area contributed by atoms with Crippen LogP contribution in [0.15, 0.2) is 102 Å². The van der Waals surface area contributed by atoms with Crippen LogP contribution in [0, 0.1) is 0 Å². The number of aromatic carboxylic acids is 1. The second-order valence-corrected chi connectivity index (χ2v) is 13.1. The summed E-state index contributed by atoms with van der Waals surface area (Å²) < 4.78 is 71.4. The topological polar surface area (TPSA) is 301 Å². The first-order chi connectivity index (χ1) is 22.6. The maximum atomic E-state index is 12.2. The van der Waals surface area contributed by atoms with Crippen LogP contribution in [0.3, 0.4) is 0 Å². The SMILES string of the molecule is Nc1c(N=Nc2ccc3cc(SOOO)c(N=Nc4ccccc4C(=O)O)c(O)c3c2)cc(S(=O)(=O)O)c2cc(S(=O)(=O)O)cc(O)c12. The van der Waals surface area contributed by atoms with Gasteiger partial charge >= 0.3 is 5.97 Å². The Hall–Kier alpha value is -5.26. The number of nitrogens with two attached hydrogens (primary N) is 1. The fourth-order valence-electron chi connectivity index (χ4n) is 4.49. The molecule has 8 N–H and O–H groups in total. The van der Waals surface area contributed by atoms with Crippen LogP contribution in [0.5, 0.6) is 11.5 Å². The fourth-order valence-corrected chi connectivity index (χ4v) is 6.21. The first-order valence-corrected chi connectivity index (χ1v) is 16.4. The van der Waals surface area contributed by atoms with E-state index in [1.165, 1.54) is 48.5 Å². The van der Waals surface area contributed by atoms with Crippen LogP contribution in [0.2, 0.25) is 0 Å². The summed E-state index contributed by atoms with van der Waals surface area (Å²) in [5, 5.41) is 58.8. The normalized spacial score (nSPS) is 12.5. The van der Waals surface area contributed by atoms with Crippen LogP contribution < -0.4 is 5.73 Å². The second kappa shape index (κ2) is 13.1. The lowest BCUT2D eigenvalue weighted by Gasteiger charge is -2.12. The Morgan fingerprint density at radius 2 is 1.52 bits per heavy atom. The first kappa shape index (κ1) is 34.1. The van der Waals surface area contributed by atoms with E-state index < -0.39 is 58.3 Å². The highest BCUT2D eigenvalue weighted by molar-refractivity contribution is 7.94. The Labute approximate surface area is 273 Å². The number of carboxylic acid groups (broad SMARTS) is 1. The van der Waals surface area contributed by atoms with E-state index in [9.17, 15) is 46.1 Å². The van der Waals surface area contributed by atoms with Crippen molar-refractivity contribution in [1.82, 2.24) is 0 Å². The Kier molecular flexibility index (Phi) is 9.30. The van der Waals surface area contributed by atoms with E-state index in [-0.39, 0.29) is 44.3 Å². The molecule has 248 valence electrons.